The molecule has 2 nitrogen and oxygen atoms in total. The molecule has 20 heavy (non-hydrogen) atoms. The Bertz CT molecular complexity index is 519. The van der Waals surface area contributed by atoms with Gasteiger partial charge in [-0.2, -0.15) is 0 Å². The molecule has 0 amide bonds. The SMILES string of the molecule is C=CCC(CNc1ccc(OC)cc1)c1ccccc1. The van der Waals surface area contributed by atoms with Gasteiger partial charge in [0.15, 0.2) is 0 Å². The van der Waals surface area contributed by atoms with Gasteiger partial charge in [-0.05, 0) is 36.2 Å². The molecule has 0 fully saturated rings. The summed E-state index contributed by atoms with van der Waals surface area (Å²) in [6.45, 7) is 4.75. The smallest absolute Gasteiger partial charge is 0.119 e. The van der Waals surface area contributed by atoms with Gasteiger partial charge < -0.3 is 10.1 Å². The molecule has 0 radical (unpaired) electrons. The molecule has 0 aliphatic carbocycles. The standard InChI is InChI=1S/C18H21NO/c1-3-7-16(15-8-5-4-6-9-15)14-19-17-10-12-18(20-2)13-11-17/h3-6,8-13,16,19H,1,7,14H2,2H3. The monoisotopic (exact) mass is 267 g/mol. The second kappa shape index (κ2) is 7.39. The van der Waals surface area contributed by atoms with Crippen LogP contribution in [0.4, 0.5) is 5.69 Å². The highest BCUT2D eigenvalue weighted by Gasteiger charge is 2.09. The normalized spacial score (nSPS) is 11.7. The summed E-state index contributed by atoms with van der Waals surface area (Å²) in [6.07, 6.45) is 2.94. The summed E-state index contributed by atoms with van der Waals surface area (Å²) in [5.74, 6) is 1.32. The number of anilines is 1. The van der Waals surface area contributed by atoms with Crippen LogP contribution in [0.5, 0.6) is 5.75 Å². The van der Waals surface area contributed by atoms with Gasteiger partial charge in [0.2, 0.25) is 0 Å². The van der Waals surface area contributed by atoms with Crippen molar-refractivity contribution in [3.8, 4) is 5.75 Å². The number of ether oxygens (including phenoxy) is 1. The molecule has 0 bridgehead atoms. The van der Waals surface area contributed by atoms with Crippen LogP contribution >= 0.6 is 0 Å². The van der Waals surface area contributed by atoms with E-state index in [2.05, 4.69) is 36.2 Å². The summed E-state index contributed by atoms with van der Waals surface area (Å²) >= 11 is 0. The van der Waals surface area contributed by atoms with Gasteiger partial charge in [0.25, 0.3) is 0 Å². The quantitative estimate of drug-likeness (QED) is 0.747. The van der Waals surface area contributed by atoms with Crippen LogP contribution in [-0.2, 0) is 0 Å². The lowest BCUT2D eigenvalue weighted by molar-refractivity contribution is 0.415. The lowest BCUT2D eigenvalue weighted by Gasteiger charge is -2.17. The summed E-state index contributed by atoms with van der Waals surface area (Å²) in [6, 6.07) is 18.6. The molecular weight excluding hydrogens is 246 g/mol. The lowest BCUT2D eigenvalue weighted by atomic mass is 9.95. The minimum Gasteiger partial charge on any atom is -0.497 e. The first-order valence-electron chi connectivity index (χ1n) is 6.87. The summed E-state index contributed by atoms with van der Waals surface area (Å²) in [5.41, 5.74) is 2.45. The maximum absolute atomic E-state index is 5.16. The summed E-state index contributed by atoms with van der Waals surface area (Å²) < 4.78 is 5.16. The van der Waals surface area contributed by atoms with E-state index in [1.54, 1.807) is 7.11 Å². The van der Waals surface area contributed by atoms with E-state index in [0.717, 1.165) is 24.4 Å². The van der Waals surface area contributed by atoms with Crippen molar-refractivity contribution in [2.24, 2.45) is 0 Å². The molecule has 0 saturated carbocycles. The third-order valence-corrected chi connectivity index (χ3v) is 3.36. The van der Waals surface area contributed by atoms with Crippen molar-refractivity contribution in [3.05, 3.63) is 72.8 Å². The molecule has 2 heteroatoms. The van der Waals surface area contributed by atoms with Crippen molar-refractivity contribution in [1.82, 2.24) is 0 Å². The number of methoxy groups -OCH3 is 1. The second-order valence-corrected chi connectivity index (χ2v) is 4.74. The molecule has 2 aromatic rings. The Balaban J connectivity index is 1.99. The average molecular weight is 267 g/mol. The largest absolute Gasteiger partial charge is 0.497 e. The predicted octanol–water partition coefficient (Wildman–Crippen LogP) is 4.47. The van der Waals surface area contributed by atoms with E-state index in [-0.39, 0.29) is 0 Å². The molecule has 0 spiro atoms. The van der Waals surface area contributed by atoms with Gasteiger partial charge in [-0.3, -0.25) is 0 Å². The Hall–Kier alpha value is -2.22. The van der Waals surface area contributed by atoms with Gasteiger partial charge in [-0.1, -0.05) is 36.4 Å². The second-order valence-electron chi connectivity index (χ2n) is 4.74. The molecule has 0 aromatic heterocycles. The van der Waals surface area contributed by atoms with E-state index in [4.69, 9.17) is 4.74 Å². The van der Waals surface area contributed by atoms with E-state index in [1.165, 1.54) is 5.56 Å². The first-order valence-corrected chi connectivity index (χ1v) is 6.87. The average Bonchev–Trinajstić information content (AvgIpc) is 2.53. The van der Waals surface area contributed by atoms with Gasteiger partial charge in [0.05, 0.1) is 7.11 Å². The van der Waals surface area contributed by atoms with Gasteiger partial charge in [0, 0.05) is 18.2 Å². The van der Waals surface area contributed by atoms with Crippen molar-refractivity contribution in [3.63, 3.8) is 0 Å². The van der Waals surface area contributed by atoms with Gasteiger partial charge in [-0.15, -0.1) is 6.58 Å². The molecule has 2 aromatic carbocycles. The molecule has 1 N–H and O–H groups in total. The maximum atomic E-state index is 5.16. The highest BCUT2D eigenvalue weighted by atomic mass is 16.5. The molecule has 104 valence electrons. The number of allylic oxidation sites excluding steroid dienone is 1. The van der Waals surface area contributed by atoms with E-state index < -0.39 is 0 Å². The van der Waals surface area contributed by atoms with Crippen LogP contribution in [0, 0.1) is 0 Å². The summed E-state index contributed by atoms with van der Waals surface area (Å²) in [7, 11) is 1.68. The molecular formula is C18H21NO. The minimum absolute atomic E-state index is 0.441. The zero-order chi connectivity index (χ0) is 14.2. The Morgan fingerprint density at radius 2 is 1.80 bits per heavy atom. The number of hydrogen-bond donors (Lipinski definition) is 1. The highest BCUT2D eigenvalue weighted by molar-refractivity contribution is 5.46. The van der Waals surface area contributed by atoms with E-state index >= 15 is 0 Å². The van der Waals surface area contributed by atoms with Gasteiger partial charge in [-0.25, -0.2) is 0 Å². The minimum atomic E-state index is 0.441. The molecule has 1 atom stereocenters. The van der Waals surface area contributed by atoms with Crippen molar-refractivity contribution >= 4 is 5.69 Å². The van der Waals surface area contributed by atoms with Crippen LogP contribution in [0.25, 0.3) is 0 Å². The van der Waals surface area contributed by atoms with Crippen LogP contribution in [-0.4, -0.2) is 13.7 Å². The predicted molar refractivity (Wildman–Crippen MR) is 85.5 cm³/mol. The van der Waals surface area contributed by atoms with Crippen LogP contribution in [0.3, 0.4) is 0 Å². The van der Waals surface area contributed by atoms with Crippen molar-refractivity contribution < 1.29 is 4.74 Å². The van der Waals surface area contributed by atoms with Gasteiger partial charge in [0.1, 0.15) is 5.75 Å². The number of hydrogen-bond acceptors (Lipinski definition) is 2. The van der Waals surface area contributed by atoms with Crippen molar-refractivity contribution in [2.45, 2.75) is 12.3 Å². The zero-order valence-electron chi connectivity index (χ0n) is 11.9. The third-order valence-electron chi connectivity index (χ3n) is 3.36. The first kappa shape index (κ1) is 14.2. The van der Waals surface area contributed by atoms with E-state index in [0.29, 0.717) is 5.92 Å². The van der Waals surface area contributed by atoms with E-state index in [1.807, 2.05) is 36.4 Å². The Morgan fingerprint density at radius 1 is 1.10 bits per heavy atom. The van der Waals surface area contributed by atoms with Crippen molar-refractivity contribution in [2.75, 3.05) is 19.0 Å². The molecule has 0 heterocycles. The Kier molecular flexibility index (Phi) is 5.24. The van der Waals surface area contributed by atoms with Crippen LogP contribution < -0.4 is 10.1 Å². The number of rotatable bonds is 7. The van der Waals surface area contributed by atoms with Crippen LogP contribution in [0.2, 0.25) is 0 Å². The maximum Gasteiger partial charge on any atom is 0.119 e. The van der Waals surface area contributed by atoms with Crippen molar-refractivity contribution in [1.29, 1.82) is 0 Å². The summed E-state index contributed by atoms with van der Waals surface area (Å²) in [5, 5.41) is 3.48. The first-order chi connectivity index (χ1) is 9.83. The molecule has 1 unspecified atom stereocenters. The molecule has 0 aliphatic heterocycles. The fourth-order valence-corrected chi connectivity index (χ4v) is 2.21. The van der Waals surface area contributed by atoms with Crippen LogP contribution in [0.15, 0.2) is 67.3 Å². The Labute approximate surface area is 121 Å². The molecule has 0 aliphatic rings. The fourth-order valence-electron chi connectivity index (χ4n) is 2.21. The molecule has 2 rings (SSSR count). The zero-order valence-corrected chi connectivity index (χ0v) is 11.9. The fraction of sp³-hybridized carbons (Fsp3) is 0.222. The highest BCUT2D eigenvalue weighted by Crippen LogP contribution is 2.22. The summed E-state index contributed by atoms with van der Waals surface area (Å²) in [4.78, 5) is 0. The Morgan fingerprint density at radius 3 is 2.40 bits per heavy atom. The third kappa shape index (κ3) is 3.89. The van der Waals surface area contributed by atoms with Gasteiger partial charge >= 0.3 is 0 Å². The number of nitrogens with one attached hydrogen (secondary N) is 1. The van der Waals surface area contributed by atoms with Crippen LogP contribution in [0.1, 0.15) is 17.9 Å². The number of benzene rings is 2. The topological polar surface area (TPSA) is 21.3 Å². The lowest BCUT2D eigenvalue weighted by Crippen LogP contribution is -2.12. The van der Waals surface area contributed by atoms with E-state index in [9.17, 15) is 0 Å². The molecule has 0 saturated heterocycles.